The largest absolute Gasteiger partial charge is 0.316 e. The van der Waals surface area contributed by atoms with E-state index in [1.165, 1.54) is 0 Å². The lowest BCUT2D eigenvalue weighted by molar-refractivity contribution is -0.125. The van der Waals surface area contributed by atoms with E-state index in [2.05, 4.69) is 15.7 Å². The number of amides is 1. The highest BCUT2D eigenvalue weighted by Gasteiger charge is 2.34. The standard InChI is InChI=1S/C12H20N4O/c1-3-16-8-5-10(15-16)14-11(17)12(2)6-4-7-13-9-12/h5,8,13H,3-4,6-7,9H2,1-2H3,(H,14,15,17). The molecule has 1 atom stereocenters. The molecular formula is C12H20N4O. The van der Waals surface area contributed by atoms with E-state index >= 15 is 0 Å². The van der Waals surface area contributed by atoms with Crippen molar-refractivity contribution in [3.05, 3.63) is 12.3 Å². The molecule has 1 fully saturated rings. The zero-order valence-corrected chi connectivity index (χ0v) is 10.5. The summed E-state index contributed by atoms with van der Waals surface area (Å²) in [6.07, 6.45) is 3.85. The van der Waals surface area contributed by atoms with Gasteiger partial charge >= 0.3 is 0 Å². The number of hydrogen-bond donors (Lipinski definition) is 2. The van der Waals surface area contributed by atoms with Gasteiger partial charge in [0.1, 0.15) is 0 Å². The minimum absolute atomic E-state index is 0.0612. The van der Waals surface area contributed by atoms with Gasteiger partial charge in [-0.25, -0.2) is 0 Å². The molecule has 1 aromatic heterocycles. The summed E-state index contributed by atoms with van der Waals surface area (Å²) in [7, 11) is 0. The summed E-state index contributed by atoms with van der Waals surface area (Å²) in [4.78, 5) is 12.2. The molecule has 2 rings (SSSR count). The molecule has 0 bridgehead atoms. The van der Waals surface area contributed by atoms with Crippen molar-refractivity contribution in [2.75, 3.05) is 18.4 Å². The zero-order valence-electron chi connectivity index (χ0n) is 10.5. The van der Waals surface area contributed by atoms with Crippen LogP contribution in [0.5, 0.6) is 0 Å². The van der Waals surface area contributed by atoms with Crippen molar-refractivity contribution in [3.63, 3.8) is 0 Å². The maximum absolute atomic E-state index is 12.2. The van der Waals surface area contributed by atoms with Crippen LogP contribution in [0.1, 0.15) is 26.7 Å². The van der Waals surface area contributed by atoms with Gasteiger partial charge in [-0.05, 0) is 33.2 Å². The molecule has 94 valence electrons. The number of carbonyl (C=O) groups is 1. The number of aromatic nitrogens is 2. The highest BCUT2D eigenvalue weighted by molar-refractivity contribution is 5.94. The Morgan fingerprint density at radius 2 is 2.53 bits per heavy atom. The molecule has 2 N–H and O–H groups in total. The van der Waals surface area contributed by atoms with Crippen LogP contribution in [0.25, 0.3) is 0 Å². The second-order valence-electron chi connectivity index (χ2n) is 4.85. The van der Waals surface area contributed by atoms with Crippen LogP contribution in [-0.2, 0) is 11.3 Å². The van der Waals surface area contributed by atoms with Crippen molar-refractivity contribution in [3.8, 4) is 0 Å². The van der Waals surface area contributed by atoms with Crippen LogP contribution in [0, 0.1) is 5.41 Å². The van der Waals surface area contributed by atoms with Crippen molar-refractivity contribution in [2.24, 2.45) is 5.41 Å². The molecule has 1 aliphatic rings. The number of piperidine rings is 1. The Bertz CT molecular complexity index is 393. The lowest BCUT2D eigenvalue weighted by Crippen LogP contribution is -2.46. The summed E-state index contributed by atoms with van der Waals surface area (Å²) >= 11 is 0. The van der Waals surface area contributed by atoms with Gasteiger partial charge in [-0.3, -0.25) is 9.48 Å². The predicted octanol–water partition coefficient (Wildman–Crippen LogP) is 1.23. The van der Waals surface area contributed by atoms with Gasteiger partial charge < -0.3 is 10.6 Å². The van der Waals surface area contributed by atoms with Crippen LogP contribution >= 0.6 is 0 Å². The van der Waals surface area contributed by atoms with Crippen LogP contribution < -0.4 is 10.6 Å². The van der Waals surface area contributed by atoms with E-state index in [-0.39, 0.29) is 11.3 Å². The van der Waals surface area contributed by atoms with Crippen LogP contribution in [-0.4, -0.2) is 28.8 Å². The van der Waals surface area contributed by atoms with E-state index in [9.17, 15) is 4.79 Å². The smallest absolute Gasteiger partial charge is 0.232 e. The van der Waals surface area contributed by atoms with E-state index < -0.39 is 0 Å². The Morgan fingerprint density at radius 3 is 3.12 bits per heavy atom. The Hall–Kier alpha value is -1.36. The first-order valence-electron chi connectivity index (χ1n) is 6.20. The van der Waals surface area contributed by atoms with Crippen molar-refractivity contribution in [1.82, 2.24) is 15.1 Å². The Labute approximate surface area is 102 Å². The number of aryl methyl sites for hydroxylation is 1. The number of anilines is 1. The monoisotopic (exact) mass is 236 g/mol. The van der Waals surface area contributed by atoms with Crippen LogP contribution in [0.4, 0.5) is 5.82 Å². The topological polar surface area (TPSA) is 59.0 Å². The van der Waals surface area contributed by atoms with Crippen LogP contribution in [0.2, 0.25) is 0 Å². The second-order valence-corrected chi connectivity index (χ2v) is 4.85. The molecule has 0 radical (unpaired) electrons. The summed E-state index contributed by atoms with van der Waals surface area (Å²) in [6, 6.07) is 1.83. The van der Waals surface area contributed by atoms with Crippen molar-refractivity contribution in [1.29, 1.82) is 0 Å². The van der Waals surface area contributed by atoms with E-state index in [4.69, 9.17) is 0 Å². The zero-order chi connectivity index (χ0) is 12.3. The molecule has 5 heteroatoms. The summed E-state index contributed by atoms with van der Waals surface area (Å²) in [5, 5.41) is 10.4. The van der Waals surface area contributed by atoms with Gasteiger partial charge in [-0.15, -0.1) is 0 Å². The Morgan fingerprint density at radius 1 is 1.71 bits per heavy atom. The molecule has 1 aliphatic heterocycles. The average molecular weight is 236 g/mol. The molecular weight excluding hydrogens is 216 g/mol. The lowest BCUT2D eigenvalue weighted by Gasteiger charge is -2.32. The number of hydrogen-bond acceptors (Lipinski definition) is 3. The molecule has 0 saturated carbocycles. The van der Waals surface area contributed by atoms with E-state index in [1.807, 2.05) is 26.1 Å². The molecule has 1 saturated heterocycles. The maximum atomic E-state index is 12.2. The van der Waals surface area contributed by atoms with E-state index in [0.29, 0.717) is 5.82 Å². The van der Waals surface area contributed by atoms with E-state index in [1.54, 1.807) is 4.68 Å². The highest BCUT2D eigenvalue weighted by atomic mass is 16.2. The first kappa shape index (κ1) is 12.1. The third-order valence-corrected chi connectivity index (χ3v) is 3.35. The molecule has 2 heterocycles. The van der Waals surface area contributed by atoms with Gasteiger partial charge in [-0.1, -0.05) is 0 Å². The second kappa shape index (κ2) is 4.87. The first-order valence-corrected chi connectivity index (χ1v) is 6.20. The average Bonchev–Trinajstić information content (AvgIpc) is 2.78. The molecule has 5 nitrogen and oxygen atoms in total. The number of carbonyl (C=O) groups excluding carboxylic acids is 1. The fourth-order valence-corrected chi connectivity index (χ4v) is 2.12. The van der Waals surface area contributed by atoms with Crippen molar-refractivity contribution in [2.45, 2.75) is 33.2 Å². The van der Waals surface area contributed by atoms with E-state index in [0.717, 1.165) is 32.5 Å². The van der Waals surface area contributed by atoms with Gasteiger partial charge in [0, 0.05) is 25.4 Å². The van der Waals surface area contributed by atoms with Crippen LogP contribution in [0.15, 0.2) is 12.3 Å². The molecule has 1 amide bonds. The van der Waals surface area contributed by atoms with Gasteiger partial charge in [0.05, 0.1) is 5.41 Å². The molecule has 0 aliphatic carbocycles. The SMILES string of the molecule is CCn1ccc(NC(=O)C2(C)CCCNC2)n1. The number of nitrogens with zero attached hydrogens (tertiary/aromatic N) is 2. The summed E-state index contributed by atoms with van der Waals surface area (Å²) in [6.45, 7) is 6.59. The minimum Gasteiger partial charge on any atom is -0.316 e. The molecule has 1 aromatic rings. The van der Waals surface area contributed by atoms with Gasteiger partial charge in [0.15, 0.2) is 5.82 Å². The lowest BCUT2D eigenvalue weighted by atomic mass is 9.82. The number of nitrogens with one attached hydrogen (secondary N) is 2. The minimum atomic E-state index is -0.311. The molecule has 1 unspecified atom stereocenters. The maximum Gasteiger partial charge on any atom is 0.232 e. The van der Waals surface area contributed by atoms with Gasteiger partial charge in [0.2, 0.25) is 5.91 Å². The number of rotatable bonds is 3. The van der Waals surface area contributed by atoms with Crippen molar-refractivity contribution < 1.29 is 4.79 Å². The first-order chi connectivity index (χ1) is 8.14. The molecule has 17 heavy (non-hydrogen) atoms. The predicted molar refractivity (Wildman–Crippen MR) is 66.7 cm³/mol. The normalized spacial score (nSPS) is 24.6. The Balaban J connectivity index is 2.00. The van der Waals surface area contributed by atoms with Gasteiger partial charge in [-0.2, -0.15) is 5.10 Å². The quantitative estimate of drug-likeness (QED) is 0.830. The highest BCUT2D eigenvalue weighted by Crippen LogP contribution is 2.26. The fourth-order valence-electron chi connectivity index (χ4n) is 2.12. The summed E-state index contributed by atoms with van der Waals surface area (Å²) < 4.78 is 1.80. The molecule has 0 aromatic carbocycles. The van der Waals surface area contributed by atoms with Crippen LogP contribution in [0.3, 0.4) is 0 Å². The van der Waals surface area contributed by atoms with Crippen molar-refractivity contribution >= 4 is 11.7 Å². The molecule has 0 spiro atoms. The Kier molecular flexibility index (Phi) is 3.47. The summed E-state index contributed by atoms with van der Waals surface area (Å²) in [5.74, 6) is 0.703. The summed E-state index contributed by atoms with van der Waals surface area (Å²) in [5.41, 5.74) is -0.311. The fraction of sp³-hybridized carbons (Fsp3) is 0.667. The third kappa shape index (κ3) is 2.66. The van der Waals surface area contributed by atoms with Gasteiger partial charge in [0.25, 0.3) is 0 Å². The third-order valence-electron chi connectivity index (χ3n) is 3.35.